The molecule has 0 aliphatic heterocycles. The molecule has 3 aromatic heterocycles. The van der Waals surface area contributed by atoms with Gasteiger partial charge in [0, 0.05) is 11.1 Å². The number of carbonyl (C=O) groups excluding carboxylic acids is 1. The van der Waals surface area contributed by atoms with Crippen LogP contribution in [-0.2, 0) is 0 Å². The molecule has 4 aromatic rings. The molecule has 0 bridgehead atoms. The molecule has 0 aliphatic carbocycles. The summed E-state index contributed by atoms with van der Waals surface area (Å²) >= 11 is 7.37. The van der Waals surface area contributed by atoms with E-state index in [1.165, 1.54) is 23.4 Å². The van der Waals surface area contributed by atoms with Gasteiger partial charge in [-0.25, -0.2) is 4.98 Å². The summed E-state index contributed by atoms with van der Waals surface area (Å²) in [7, 11) is 0. The first kappa shape index (κ1) is 18.0. The highest BCUT2D eigenvalue weighted by atomic mass is 35.5. The fraction of sp³-hybridized carbons (Fsp3) is 0. The van der Waals surface area contributed by atoms with Crippen LogP contribution in [-0.4, -0.2) is 30.3 Å². The third-order valence-electron chi connectivity index (χ3n) is 3.87. The Hall–Kier alpha value is -3.36. The van der Waals surface area contributed by atoms with Crippen LogP contribution in [0.1, 0.15) is 15.2 Å². The number of nitrogens with one attached hydrogen (secondary N) is 1. The van der Waals surface area contributed by atoms with Gasteiger partial charge in [0.05, 0.1) is 35.0 Å². The lowest BCUT2D eigenvalue weighted by Crippen LogP contribution is -2.12. The van der Waals surface area contributed by atoms with Crippen molar-refractivity contribution in [2.75, 3.05) is 5.32 Å². The van der Waals surface area contributed by atoms with Crippen molar-refractivity contribution in [3.63, 3.8) is 0 Å². The van der Waals surface area contributed by atoms with Crippen LogP contribution in [0.5, 0.6) is 0 Å². The van der Waals surface area contributed by atoms with Gasteiger partial charge in [-0.1, -0.05) is 54.6 Å². The number of nitrogens with zero attached hydrogens (tertiary/aromatic N) is 5. The third-order valence-corrected chi connectivity index (χ3v) is 5.01. The number of hydrogen-bond acceptors (Lipinski definition) is 6. The predicted molar refractivity (Wildman–Crippen MR) is 110 cm³/mol. The van der Waals surface area contributed by atoms with Crippen LogP contribution in [0.25, 0.3) is 23.2 Å². The number of halogens is 1. The molecule has 28 heavy (non-hydrogen) atoms. The summed E-state index contributed by atoms with van der Waals surface area (Å²) in [4.78, 5) is 18.8. The van der Waals surface area contributed by atoms with Crippen molar-refractivity contribution in [1.29, 1.82) is 0 Å². The summed E-state index contributed by atoms with van der Waals surface area (Å²) in [6.07, 6.45) is 6.19. The number of carbonyl (C=O) groups is 1. The van der Waals surface area contributed by atoms with Gasteiger partial charge in [-0.15, -0.1) is 4.80 Å². The van der Waals surface area contributed by atoms with Crippen molar-refractivity contribution in [3.8, 4) is 17.1 Å². The van der Waals surface area contributed by atoms with Gasteiger partial charge in [0.25, 0.3) is 5.91 Å². The SMILES string of the molecule is C=Cc1c(-c2ccccc2)nsc1C(=O)Nc1cnc(-n2nccn2)c(Cl)c1. The standard InChI is InChI=1S/C19H13ClN6OS/c1-2-14-16(12-6-4-3-5-7-12)25-28-17(14)19(27)24-13-10-15(20)18(21-11-13)26-22-8-9-23-26/h2-11H,1H2,(H,24,27). The van der Waals surface area contributed by atoms with E-state index in [1.54, 1.807) is 12.1 Å². The lowest BCUT2D eigenvalue weighted by atomic mass is 10.1. The Bertz CT molecular complexity index is 1140. The molecule has 0 radical (unpaired) electrons. The normalized spacial score (nSPS) is 10.6. The minimum absolute atomic E-state index is 0.308. The van der Waals surface area contributed by atoms with Gasteiger partial charge in [0.15, 0.2) is 5.82 Å². The maximum Gasteiger partial charge on any atom is 0.268 e. The lowest BCUT2D eigenvalue weighted by Gasteiger charge is -2.07. The van der Waals surface area contributed by atoms with Crippen LogP contribution in [0.3, 0.4) is 0 Å². The fourth-order valence-corrected chi connectivity index (χ4v) is 3.65. The zero-order valence-electron chi connectivity index (χ0n) is 14.4. The molecule has 9 heteroatoms. The van der Waals surface area contributed by atoms with Gasteiger partial charge in [0.2, 0.25) is 0 Å². The largest absolute Gasteiger partial charge is 0.320 e. The molecule has 1 N–H and O–H groups in total. The Kier molecular flexibility index (Phi) is 4.96. The van der Waals surface area contributed by atoms with Gasteiger partial charge >= 0.3 is 0 Å². The molecule has 0 aliphatic rings. The summed E-state index contributed by atoms with van der Waals surface area (Å²) in [5, 5.41) is 11.1. The highest BCUT2D eigenvalue weighted by Gasteiger charge is 2.19. The Morgan fingerprint density at radius 1 is 1.21 bits per heavy atom. The van der Waals surface area contributed by atoms with Gasteiger partial charge in [-0.2, -0.15) is 14.6 Å². The molecule has 0 atom stereocenters. The first-order valence-corrected chi connectivity index (χ1v) is 9.33. The van der Waals surface area contributed by atoms with E-state index in [4.69, 9.17) is 11.6 Å². The van der Waals surface area contributed by atoms with Crippen LogP contribution < -0.4 is 5.32 Å². The monoisotopic (exact) mass is 408 g/mol. The second-order valence-corrected chi connectivity index (χ2v) is 6.83. The van der Waals surface area contributed by atoms with Crippen molar-refractivity contribution >= 4 is 40.8 Å². The fourth-order valence-electron chi connectivity index (χ4n) is 2.61. The first-order valence-electron chi connectivity index (χ1n) is 8.18. The summed E-state index contributed by atoms with van der Waals surface area (Å²) < 4.78 is 4.43. The molecule has 0 spiro atoms. The number of anilines is 1. The molecular formula is C19H13ClN6OS. The average Bonchev–Trinajstić information content (AvgIpc) is 3.38. The Morgan fingerprint density at radius 3 is 2.64 bits per heavy atom. The Morgan fingerprint density at radius 2 is 1.96 bits per heavy atom. The van der Waals surface area contributed by atoms with Gasteiger partial charge in [0.1, 0.15) is 4.88 Å². The summed E-state index contributed by atoms with van der Waals surface area (Å²) in [5.41, 5.74) is 2.79. The van der Waals surface area contributed by atoms with Gasteiger partial charge < -0.3 is 5.32 Å². The van der Waals surface area contributed by atoms with Crippen LogP contribution in [0.2, 0.25) is 5.02 Å². The van der Waals surface area contributed by atoms with Crippen LogP contribution >= 0.6 is 23.1 Å². The first-order chi connectivity index (χ1) is 13.7. The van der Waals surface area contributed by atoms with E-state index >= 15 is 0 Å². The maximum atomic E-state index is 12.8. The van der Waals surface area contributed by atoms with E-state index in [0.717, 1.165) is 22.8 Å². The van der Waals surface area contributed by atoms with E-state index in [-0.39, 0.29) is 5.91 Å². The topological polar surface area (TPSA) is 85.6 Å². The van der Waals surface area contributed by atoms with Crippen LogP contribution in [0.15, 0.2) is 61.6 Å². The van der Waals surface area contributed by atoms with Crippen molar-refractivity contribution in [2.24, 2.45) is 0 Å². The average molecular weight is 409 g/mol. The summed E-state index contributed by atoms with van der Waals surface area (Å²) in [6.45, 7) is 3.83. The zero-order valence-corrected chi connectivity index (χ0v) is 16.0. The quantitative estimate of drug-likeness (QED) is 0.531. The molecular weight excluding hydrogens is 396 g/mol. The molecule has 1 amide bonds. The minimum atomic E-state index is -0.308. The maximum absolute atomic E-state index is 12.8. The van der Waals surface area contributed by atoms with Crippen LogP contribution in [0.4, 0.5) is 5.69 Å². The molecule has 0 saturated heterocycles. The lowest BCUT2D eigenvalue weighted by molar-refractivity contribution is 0.103. The molecule has 0 saturated carbocycles. The predicted octanol–water partition coefficient (Wildman–Crippen LogP) is 4.33. The molecule has 138 valence electrons. The highest BCUT2D eigenvalue weighted by molar-refractivity contribution is 7.08. The molecule has 7 nitrogen and oxygen atoms in total. The Balaban J connectivity index is 1.60. The number of rotatable bonds is 5. The molecule has 1 aromatic carbocycles. The molecule has 0 fully saturated rings. The molecule has 3 heterocycles. The van der Waals surface area contributed by atoms with E-state index in [0.29, 0.717) is 27.0 Å². The van der Waals surface area contributed by atoms with E-state index < -0.39 is 0 Å². The molecule has 4 rings (SSSR count). The number of hydrogen-bond donors (Lipinski definition) is 1. The second kappa shape index (κ2) is 7.71. The summed E-state index contributed by atoms with van der Waals surface area (Å²) in [5.74, 6) is 0.0676. The van der Waals surface area contributed by atoms with Gasteiger partial charge in [-0.3, -0.25) is 4.79 Å². The number of benzene rings is 1. The number of amides is 1. The van der Waals surface area contributed by atoms with E-state index in [1.807, 2.05) is 30.3 Å². The van der Waals surface area contributed by atoms with Crippen molar-refractivity contribution in [2.45, 2.75) is 0 Å². The van der Waals surface area contributed by atoms with Crippen molar-refractivity contribution in [1.82, 2.24) is 24.4 Å². The number of aromatic nitrogens is 5. The zero-order chi connectivity index (χ0) is 19.5. The van der Waals surface area contributed by atoms with Crippen LogP contribution in [0, 0.1) is 0 Å². The second-order valence-electron chi connectivity index (χ2n) is 5.65. The Labute approximate surface area is 169 Å². The number of pyridine rings is 1. The van der Waals surface area contributed by atoms with Crippen molar-refractivity contribution < 1.29 is 4.79 Å². The van der Waals surface area contributed by atoms with Gasteiger partial charge in [-0.05, 0) is 17.6 Å². The third kappa shape index (κ3) is 3.42. The highest BCUT2D eigenvalue weighted by Crippen LogP contribution is 2.30. The molecule has 0 unspecified atom stereocenters. The summed E-state index contributed by atoms with van der Waals surface area (Å²) in [6, 6.07) is 11.2. The minimum Gasteiger partial charge on any atom is -0.320 e. The van der Waals surface area contributed by atoms with E-state index in [2.05, 4.69) is 31.5 Å². The van der Waals surface area contributed by atoms with E-state index in [9.17, 15) is 4.79 Å². The smallest absolute Gasteiger partial charge is 0.268 e. The van der Waals surface area contributed by atoms with Crippen molar-refractivity contribution in [3.05, 3.63) is 77.0 Å².